The van der Waals surface area contributed by atoms with Crippen molar-refractivity contribution in [2.45, 2.75) is 58.3 Å². The van der Waals surface area contributed by atoms with E-state index in [1.165, 1.54) is 55.0 Å². The third kappa shape index (κ3) is 8.97. The van der Waals surface area contributed by atoms with Crippen molar-refractivity contribution in [2.75, 3.05) is 6.54 Å². The van der Waals surface area contributed by atoms with Gasteiger partial charge in [0.2, 0.25) is 12.2 Å². The van der Waals surface area contributed by atoms with Gasteiger partial charge in [-0.3, -0.25) is 0 Å². The number of carbonyl (C=O) groups excluding carboxylic acids is 2. The highest BCUT2D eigenvalue weighted by Crippen LogP contribution is 2.44. The van der Waals surface area contributed by atoms with Crippen LogP contribution in [0.3, 0.4) is 0 Å². The Morgan fingerprint density at radius 3 is 1.53 bits per heavy atom. The van der Waals surface area contributed by atoms with Crippen LogP contribution in [0.15, 0.2) is 60.7 Å². The first kappa shape index (κ1) is 30.5. The van der Waals surface area contributed by atoms with Crippen molar-refractivity contribution >= 4 is 23.9 Å². The average Bonchev–Trinajstić information content (AvgIpc) is 2.85. The number of aliphatic carboxylic acids is 2. The lowest BCUT2D eigenvalue weighted by Crippen LogP contribution is -2.45. The number of esters is 2. The van der Waals surface area contributed by atoms with Crippen LogP contribution in [0.25, 0.3) is 0 Å². The third-order valence-electron chi connectivity index (χ3n) is 6.22. The quantitative estimate of drug-likeness (QED) is 0.372. The fourth-order valence-electron chi connectivity index (χ4n) is 4.87. The van der Waals surface area contributed by atoms with Gasteiger partial charge in [-0.1, -0.05) is 57.2 Å². The summed E-state index contributed by atoms with van der Waals surface area (Å²) < 4.78 is 9.52. The molecule has 1 aliphatic carbocycles. The molecule has 0 spiro atoms. The van der Waals surface area contributed by atoms with E-state index in [9.17, 15) is 29.4 Å². The molecule has 2 aromatic carbocycles. The van der Waals surface area contributed by atoms with Crippen LogP contribution in [0, 0.1) is 10.8 Å². The number of rotatable bonds is 8. The molecule has 0 saturated heterocycles. The highest BCUT2D eigenvalue weighted by Gasteiger charge is 2.41. The van der Waals surface area contributed by atoms with E-state index in [2.05, 4.69) is 20.8 Å². The second kappa shape index (κ2) is 13.2. The standard InChI is InChI=1S/C18H14O8.C10H22N2/c19-15(20)13(25-17(23)11-7-3-1-4-8-11)14(16(21)22)26-18(24)12-9-5-2-6-10-12;1-9(2)4-8(12)5-10(3,6-9)7-11/h1-10,13-14H,(H,19,20)(H,21,22);8H,4-7,11-12H2,1-3H3/t13-,14-;8-,10-/m11/s1. The van der Waals surface area contributed by atoms with Gasteiger partial charge in [0.1, 0.15) is 0 Å². The molecule has 1 aliphatic rings. The Kier molecular flexibility index (Phi) is 10.5. The molecule has 1 saturated carbocycles. The van der Waals surface area contributed by atoms with Gasteiger partial charge in [0, 0.05) is 6.04 Å². The van der Waals surface area contributed by atoms with Gasteiger partial charge in [0.05, 0.1) is 11.1 Å². The summed E-state index contributed by atoms with van der Waals surface area (Å²) in [6, 6.07) is 15.2. The Labute approximate surface area is 221 Å². The number of carboxylic acid groups (broad SMARTS) is 2. The topological polar surface area (TPSA) is 179 Å². The van der Waals surface area contributed by atoms with Gasteiger partial charge in [-0.15, -0.1) is 0 Å². The van der Waals surface area contributed by atoms with Gasteiger partial charge in [0.25, 0.3) is 0 Å². The molecule has 0 bridgehead atoms. The van der Waals surface area contributed by atoms with Crippen LogP contribution in [0.4, 0.5) is 0 Å². The molecule has 0 radical (unpaired) electrons. The molecule has 3 rings (SSSR count). The monoisotopic (exact) mass is 528 g/mol. The van der Waals surface area contributed by atoms with Crippen molar-refractivity contribution in [3.8, 4) is 0 Å². The second-order valence-corrected chi connectivity index (χ2v) is 10.6. The molecule has 0 aliphatic heterocycles. The van der Waals surface area contributed by atoms with Crippen molar-refractivity contribution < 1.29 is 38.9 Å². The SMILES string of the molecule is CC1(C)C[C@@H](N)C[C@@](C)(CN)C1.O=C(O[C@@H](C(=O)O)[C@@H](OC(=O)c1ccccc1)C(=O)O)c1ccccc1. The maximum absolute atomic E-state index is 12.0. The fourth-order valence-corrected chi connectivity index (χ4v) is 4.87. The zero-order valence-electron chi connectivity index (χ0n) is 21.8. The van der Waals surface area contributed by atoms with E-state index < -0.39 is 36.1 Å². The number of benzene rings is 2. The molecule has 1 fully saturated rings. The Balaban J connectivity index is 0.000000352. The molecule has 4 atom stereocenters. The minimum atomic E-state index is -2.21. The van der Waals surface area contributed by atoms with E-state index in [-0.39, 0.29) is 16.5 Å². The van der Waals surface area contributed by atoms with Crippen LogP contribution < -0.4 is 11.5 Å². The van der Waals surface area contributed by atoms with Crippen LogP contribution >= 0.6 is 0 Å². The number of carboxylic acids is 2. The van der Waals surface area contributed by atoms with E-state index in [0.29, 0.717) is 11.5 Å². The first-order chi connectivity index (χ1) is 17.8. The fraction of sp³-hybridized carbons (Fsp3) is 0.429. The molecule has 2 aromatic rings. The summed E-state index contributed by atoms with van der Waals surface area (Å²) in [6.07, 6.45) is -0.986. The van der Waals surface area contributed by atoms with Gasteiger partial charge >= 0.3 is 23.9 Å². The van der Waals surface area contributed by atoms with Crippen molar-refractivity contribution in [1.82, 2.24) is 0 Å². The number of hydrogen-bond acceptors (Lipinski definition) is 8. The predicted molar refractivity (Wildman–Crippen MR) is 139 cm³/mol. The lowest BCUT2D eigenvalue weighted by Gasteiger charge is -2.45. The first-order valence-electron chi connectivity index (χ1n) is 12.2. The molecule has 0 amide bonds. The van der Waals surface area contributed by atoms with Gasteiger partial charge in [0.15, 0.2) is 0 Å². The third-order valence-corrected chi connectivity index (χ3v) is 6.22. The van der Waals surface area contributed by atoms with Crippen LogP contribution in [0.1, 0.15) is 60.7 Å². The smallest absolute Gasteiger partial charge is 0.349 e. The first-order valence-corrected chi connectivity index (χ1v) is 12.2. The Bertz CT molecular complexity index is 1040. The van der Waals surface area contributed by atoms with Crippen LogP contribution in [0.2, 0.25) is 0 Å². The van der Waals surface area contributed by atoms with Crippen molar-refractivity contribution in [2.24, 2.45) is 22.3 Å². The van der Waals surface area contributed by atoms with Gasteiger partial charge in [-0.05, 0) is 60.9 Å². The molecule has 10 nitrogen and oxygen atoms in total. The minimum Gasteiger partial charge on any atom is -0.478 e. The van der Waals surface area contributed by atoms with Crippen LogP contribution in [-0.4, -0.2) is 58.9 Å². The maximum atomic E-state index is 12.0. The highest BCUT2D eigenvalue weighted by atomic mass is 16.6. The van der Waals surface area contributed by atoms with Gasteiger partial charge in [-0.2, -0.15) is 0 Å². The molecule has 0 unspecified atom stereocenters. The summed E-state index contributed by atoms with van der Waals surface area (Å²) in [5, 5.41) is 18.5. The molecule has 38 heavy (non-hydrogen) atoms. The molecular weight excluding hydrogens is 492 g/mol. The predicted octanol–water partition coefficient (Wildman–Crippen LogP) is 3.10. The van der Waals surface area contributed by atoms with Crippen molar-refractivity contribution in [1.29, 1.82) is 0 Å². The number of nitrogens with two attached hydrogens (primary N) is 2. The van der Waals surface area contributed by atoms with Gasteiger partial charge in [-0.25, -0.2) is 19.2 Å². The summed E-state index contributed by atoms with van der Waals surface area (Å²) in [5.74, 6) is -5.63. The molecule has 6 N–H and O–H groups in total. The largest absolute Gasteiger partial charge is 0.478 e. The molecular formula is C28H36N2O8. The van der Waals surface area contributed by atoms with E-state index in [1.54, 1.807) is 12.1 Å². The molecule has 206 valence electrons. The summed E-state index contributed by atoms with van der Waals surface area (Å²) in [7, 11) is 0. The maximum Gasteiger partial charge on any atom is 0.349 e. The summed E-state index contributed by atoms with van der Waals surface area (Å²) >= 11 is 0. The number of ether oxygens (including phenoxy) is 2. The Hall–Kier alpha value is -3.76. The van der Waals surface area contributed by atoms with Crippen LogP contribution in [-0.2, 0) is 19.1 Å². The summed E-state index contributed by atoms with van der Waals surface area (Å²) in [6.45, 7) is 7.61. The molecule has 0 aromatic heterocycles. The Morgan fingerprint density at radius 2 is 1.21 bits per heavy atom. The minimum absolute atomic E-state index is 0.0253. The van der Waals surface area contributed by atoms with E-state index in [1.807, 2.05) is 0 Å². The Morgan fingerprint density at radius 1 is 0.816 bits per heavy atom. The van der Waals surface area contributed by atoms with Crippen molar-refractivity contribution in [3.05, 3.63) is 71.8 Å². The molecule has 10 heteroatoms. The van der Waals surface area contributed by atoms with E-state index in [0.717, 1.165) is 19.4 Å². The highest BCUT2D eigenvalue weighted by molar-refractivity contribution is 5.95. The zero-order chi connectivity index (χ0) is 28.5. The summed E-state index contributed by atoms with van der Waals surface area (Å²) in [4.78, 5) is 46.8. The van der Waals surface area contributed by atoms with E-state index in [4.69, 9.17) is 20.9 Å². The summed E-state index contributed by atoms with van der Waals surface area (Å²) in [5.41, 5.74) is 12.5. The molecule has 0 heterocycles. The van der Waals surface area contributed by atoms with E-state index >= 15 is 0 Å². The zero-order valence-corrected chi connectivity index (χ0v) is 21.8. The second-order valence-electron chi connectivity index (χ2n) is 10.6. The lowest BCUT2D eigenvalue weighted by molar-refractivity contribution is -0.166. The van der Waals surface area contributed by atoms with Gasteiger partial charge < -0.3 is 31.2 Å². The normalized spacial score (nSPS) is 21.6. The lowest BCUT2D eigenvalue weighted by atomic mass is 9.63. The number of carbonyl (C=O) groups is 4. The average molecular weight is 529 g/mol. The number of hydrogen-bond donors (Lipinski definition) is 4. The van der Waals surface area contributed by atoms with Crippen LogP contribution in [0.5, 0.6) is 0 Å². The van der Waals surface area contributed by atoms with Crippen molar-refractivity contribution in [3.63, 3.8) is 0 Å².